The average Bonchev–Trinajstić information content (AvgIpc) is 2.68. The van der Waals surface area contributed by atoms with Crippen molar-refractivity contribution in [1.82, 2.24) is 0 Å². The fraction of sp³-hybridized carbons (Fsp3) is 0.0476. The Morgan fingerprint density at radius 1 is 1.00 bits per heavy atom. The van der Waals surface area contributed by atoms with Gasteiger partial charge in [-0.25, -0.2) is 8.42 Å². The molecule has 1 amide bonds. The molecular weight excluding hydrogens is 410 g/mol. The van der Waals surface area contributed by atoms with Gasteiger partial charge in [0.2, 0.25) is 0 Å². The zero-order chi connectivity index (χ0) is 21.0. The predicted octanol–water partition coefficient (Wildman–Crippen LogP) is 4.57. The van der Waals surface area contributed by atoms with Crippen LogP contribution < -0.4 is 10.0 Å². The number of nitrogens with one attached hydrogen (secondary N) is 2. The maximum atomic E-state index is 12.7. The summed E-state index contributed by atoms with van der Waals surface area (Å²) in [6.45, 7) is 1.85. The number of nitriles is 1. The zero-order valence-electron chi connectivity index (χ0n) is 15.3. The van der Waals surface area contributed by atoms with E-state index in [4.69, 9.17) is 16.9 Å². The molecule has 29 heavy (non-hydrogen) atoms. The molecule has 3 aromatic rings. The van der Waals surface area contributed by atoms with Gasteiger partial charge in [0.1, 0.15) is 0 Å². The van der Waals surface area contributed by atoms with Crippen LogP contribution in [0, 0.1) is 18.3 Å². The Hall–Kier alpha value is -3.34. The number of carbonyl (C=O) groups is 1. The van der Waals surface area contributed by atoms with E-state index in [2.05, 4.69) is 10.0 Å². The van der Waals surface area contributed by atoms with E-state index in [9.17, 15) is 13.2 Å². The lowest BCUT2D eigenvalue weighted by atomic mass is 10.2. The number of anilines is 2. The van der Waals surface area contributed by atoms with Crippen LogP contribution in [0.3, 0.4) is 0 Å². The van der Waals surface area contributed by atoms with Crippen molar-refractivity contribution in [2.45, 2.75) is 11.8 Å². The topological polar surface area (TPSA) is 99.1 Å². The number of nitrogens with zero attached hydrogens (tertiary/aromatic N) is 1. The van der Waals surface area contributed by atoms with Crippen molar-refractivity contribution in [2.75, 3.05) is 10.0 Å². The van der Waals surface area contributed by atoms with Crippen LogP contribution in [0.25, 0.3) is 0 Å². The summed E-state index contributed by atoms with van der Waals surface area (Å²) in [5.41, 5.74) is 2.10. The Morgan fingerprint density at radius 3 is 2.45 bits per heavy atom. The Morgan fingerprint density at radius 2 is 1.72 bits per heavy atom. The lowest BCUT2D eigenvalue weighted by Gasteiger charge is -2.11. The molecule has 2 N–H and O–H groups in total. The molecular formula is C21H16ClN3O3S. The van der Waals surface area contributed by atoms with Gasteiger partial charge in [-0.3, -0.25) is 9.52 Å². The third-order valence-corrected chi connectivity index (χ3v) is 5.72. The van der Waals surface area contributed by atoms with Gasteiger partial charge in [-0.2, -0.15) is 5.26 Å². The second-order valence-corrected chi connectivity index (χ2v) is 8.35. The second-order valence-electron chi connectivity index (χ2n) is 6.26. The molecule has 0 atom stereocenters. The molecule has 0 radical (unpaired) electrons. The number of amides is 1. The van der Waals surface area contributed by atoms with Crippen molar-refractivity contribution in [2.24, 2.45) is 0 Å². The van der Waals surface area contributed by atoms with E-state index in [0.717, 1.165) is 5.56 Å². The summed E-state index contributed by atoms with van der Waals surface area (Å²) in [5.74, 6) is -0.585. The third-order valence-electron chi connectivity index (χ3n) is 4.01. The highest BCUT2D eigenvalue weighted by Gasteiger charge is 2.19. The Kier molecular flexibility index (Phi) is 5.87. The van der Waals surface area contributed by atoms with Crippen LogP contribution in [-0.2, 0) is 10.0 Å². The molecule has 0 aliphatic heterocycles. The van der Waals surface area contributed by atoms with Crippen LogP contribution in [0.1, 0.15) is 21.5 Å². The maximum absolute atomic E-state index is 12.7. The summed E-state index contributed by atoms with van der Waals surface area (Å²) >= 11 is 6.12. The van der Waals surface area contributed by atoms with E-state index in [1.807, 2.05) is 19.1 Å². The molecule has 3 aromatic carbocycles. The van der Waals surface area contributed by atoms with E-state index >= 15 is 0 Å². The number of benzene rings is 3. The van der Waals surface area contributed by atoms with Gasteiger partial charge >= 0.3 is 0 Å². The normalized spacial score (nSPS) is 10.8. The minimum absolute atomic E-state index is 0.00106. The number of rotatable bonds is 5. The number of halogens is 1. The largest absolute Gasteiger partial charge is 0.322 e. The van der Waals surface area contributed by atoms with E-state index in [0.29, 0.717) is 16.9 Å². The molecule has 0 aromatic heterocycles. The zero-order valence-corrected chi connectivity index (χ0v) is 16.9. The molecule has 0 saturated carbocycles. The summed E-state index contributed by atoms with van der Waals surface area (Å²) in [4.78, 5) is 12.5. The molecule has 3 rings (SSSR count). The smallest absolute Gasteiger partial charge is 0.261 e. The molecule has 0 heterocycles. The van der Waals surface area contributed by atoms with Crippen molar-refractivity contribution in [3.8, 4) is 6.07 Å². The van der Waals surface area contributed by atoms with Crippen LogP contribution in [0.5, 0.6) is 0 Å². The molecule has 0 aliphatic carbocycles. The lowest BCUT2D eigenvalue weighted by molar-refractivity contribution is 0.102. The summed E-state index contributed by atoms with van der Waals surface area (Å²) in [6.07, 6.45) is 0. The Bertz CT molecular complexity index is 1230. The maximum Gasteiger partial charge on any atom is 0.261 e. The molecule has 0 saturated heterocycles. The van der Waals surface area contributed by atoms with E-state index in [1.165, 1.54) is 24.3 Å². The van der Waals surface area contributed by atoms with Crippen molar-refractivity contribution in [1.29, 1.82) is 5.26 Å². The molecule has 0 spiro atoms. The highest BCUT2D eigenvalue weighted by atomic mass is 35.5. The number of hydrogen-bond donors (Lipinski definition) is 2. The first kappa shape index (κ1) is 20.4. The number of carbonyl (C=O) groups excluding carboxylic acids is 1. The quantitative estimate of drug-likeness (QED) is 0.625. The Balaban J connectivity index is 1.89. The van der Waals surface area contributed by atoms with Crippen LogP contribution >= 0.6 is 11.6 Å². The molecule has 146 valence electrons. The van der Waals surface area contributed by atoms with Gasteiger partial charge in [0.05, 0.1) is 27.1 Å². The van der Waals surface area contributed by atoms with Crippen LogP contribution in [0.4, 0.5) is 11.4 Å². The van der Waals surface area contributed by atoms with Crippen molar-refractivity contribution in [3.05, 3.63) is 88.4 Å². The van der Waals surface area contributed by atoms with Gasteiger partial charge < -0.3 is 5.32 Å². The average molecular weight is 426 g/mol. The van der Waals surface area contributed by atoms with Gasteiger partial charge in [0.25, 0.3) is 15.9 Å². The first-order chi connectivity index (χ1) is 13.8. The van der Waals surface area contributed by atoms with Crippen molar-refractivity contribution in [3.63, 3.8) is 0 Å². The molecule has 8 heteroatoms. The molecule has 0 aliphatic rings. The minimum Gasteiger partial charge on any atom is -0.322 e. The van der Waals surface area contributed by atoms with E-state index in [1.54, 1.807) is 36.4 Å². The van der Waals surface area contributed by atoms with E-state index in [-0.39, 0.29) is 15.5 Å². The predicted molar refractivity (Wildman–Crippen MR) is 113 cm³/mol. The standard InChI is InChI=1S/C21H16ClN3O3S/c1-14-4-2-7-17(10-14)25-29(27,28)18-8-9-20(22)19(12-18)21(26)24-16-6-3-5-15(11-16)13-23/h2-12,25H,1H3,(H,24,26). The summed E-state index contributed by atoms with van der Waals surface area (Å²) in [7, 11) is -3.92. The first-order valence-electron chi connectivity index (χ1n) is 8.49. The van der Waals surface area contributed by atoms with Gasteiger partial charge in [-0.15, -0.1) is 0 Å². The van der Waals surface area contributed by atoms with Gasteiger partial charge in [0.15, 0.2) is 0 Å². The monoisotopic (exact) mass is 425 g/mol. The second kappa shape index (κ2) is 8.35. The van der Waals surface area contributed by atoms with Crippen LogP contribution in [0.2, 0.25) is 5.02 Å². The van der Waals surface area contributed by atoms with Crippen molar-refractivity contribution >= 4 is 38.9 Å². The molecule has 6 nitrogen and oxygen atoms in total. The summed E-state index contributed by atoms with van der Waals surface area (Å²) in [6, 6.07) is 19.2. The molecule has 0 unspecified atom stereocenters. The van der Waals surface area contributed by atoms with Crippen LogP contribution in [-0.4, -0.2) is 14.3 Å². The summed E-state index contributed by atoms with van der Waals surface area (Å²) < 4.78 is 27.9. The summed E-state index contributed by atoms with van der Waals surface area (Å²) in [5, 5.41) is 11.7. The Labute approximate surface area is 173 Å². The van der Waals surface area contributed by atoms with E-state index < -0.39 is 15.9 Å². The first-order valence-corrected chi connectivity index (χ1v) is 10.4. The highest BCUT2D eigenvalue weighted by Crippen LogP contribution is 2.24. The van der Waals surface area contributed by atoms with Gasteiger partial charge in [-0.05, 0) is 61.0 Å². The van der Waals surface area contributed by atoms with Gasteiger partial charge in [0, 0.05) is 11.4 Å². The fourth-order valence-corrected chi connectivity index (χ4v) is 3.91. The molecule has 0 bridgehead atoms. The molecule has 0 fully saturated rings. The van der Waals surface area contributed by atoms with Crippen molar-refractivity contribution < 1.29 is 13.2 Å². The van der Waals surface area contributed by atoms with Gasteiger partial charge in [-0.1, -0.05) is 29.8 Å². The number of hydrogen-bond acceptors (Lipinski definition) is 4. The SMILES string of the molecule is Cc1cccc(NS(=O)(=O)c2ccc(Cl)c(C(=O)Nc3cccc(C#N)c3)c2)c1. The minimum atomic E-state index is -3.92. The fourth-order valence-electron chi connectivity index (χ4n) is 2.63. The number of sulfonamides is 1. The van der Waals surface area contributed by atoms with Crippen LogP contribution in [0.15, 0.2) is 71.6 Å². The number of aryl methyl sites for hydroxylation is 1. The third kappa shape index (κ3) is 4.93. The lowest BCUT2D eigenvalue weighted by Crippen LogP contribution is -2.16. The highest BCUT2D eigenvalue weighted by molar-refractivity contribution is 7.92.